The Bertz CT molecular complexity index is 400. The second kappa shape index (κ2) is 4.71. The molecule has 0 aliphatic carbocycles. The van der Waals surface area contributed by atoms with Crippen molar-refractivity contribution in [2.45, 2.75) is 0 Å². The van der Waals surface area contributed by atoms with Crippen LogP contribution in [0.15, 0.2) is 12.1 Å². The second-order valence-corrected chi connectivity index (χ2v) is 4.41. The Balaban J connectivity index is 2.27. The van der Waals surface area contributed by atoms with Gasteiger partial charge < -0.3 is 26.0 Å². The second-order valence-electron chi connectivity index (χ2n) is 4.41. The van der Waals surface area contributed by atoms with Gasteiger partial charge in [-0.25, -0.2) is 0 Å². The molecular formula is C12H20N4O. The van der Waals surface area contributed by atoms with E-state index in [-0.39, 0.29) is 0 Å². The maximum atomic E-state index is 6.10. The standard InChI is InChI=1S/C12H20N4O/c1-15-5-7-16(8-6-15)10-4-3-9(13)12(17-2)11(10)14/h3-4H,5-8,13-14H2,1-2H3. The van der Waals surface area contributed by atoms with Crippen LogP contribution in [0, 0.1) is 0 Å². The molecule has 0 aromatic heterocycles. The molecule has 4 N–H and O–H groups in total. The first kappa shape index (κ1) is 11.9. The van der Waals surface area contributed by atoms with E-state index in [1.165, 1.54) is 0 Å². The van der Waals surface area contributed by atoms with Gasteiger partial charge in [-0.3, -0.25) is 0 Å². The van der Waals surface area contributed by atoms with Crippen LogP contribution >= 0.6 is 0 Å². The van der Waals surface area contributed by atoms with Crippen LogP contribution in [-0.4, -0.2) is 45.2 Å². The van der Waals surface area contributed by atoms with E-state index >= 15 is 0 Å². The average Bonchev–Trinajstić information content (AvgIpc) is 2.31. The summed E-state index contributed by atoms with van der Waals surface area (Å²) in [4.78, 5) is 4.58. The molecule has 94 valence electrons. The van der Waals surface area contributed by atoms with Crippen LogP contribution in [0.5, 0.6) is 5.75 Å². The first-order valence-electron chi connectivity index (χ1n) is 5.79. The van der Waals surface area contributed by atoms with Crippen LogP contribution in [0.4, 0.5) is 17.1 Å². The van der Waals surface area contributed by atoms with Gasteiger partial charge in [0.1, 0.15) is 5.69 Å². The van der Waals surface area contributed by atoms with E-state index < -0.39 is 0 Å². The summed E-state index contributed by atoms with van der Waals surface area (Å²) in [6.45, 7) is 4.06. The van der Waals surface area contributed by atoms with Crippen molar-refractivity contribution in [2.24, 2.45) is 0 Å². The highest BCUT2D eigenvalue weighted by molar-refractivity contribution is 5.81. The fraction of sp³-hybridized carbons (Fsp3) is 0.500. The van der Waals surface area contributed by atoms with Gasteiger partial charge in [0.05, 0.1) is 18.5 Å². The van der Waals surface area contributed by atoms with Gasteiger partial charge in [0.25, 0.3) is 0 Å². The molecule has 1 saturated heterocycles. The number of anilines is 3. The van der Waals surface area contributed by atoms with E-state index in [4.69, 9.17) is 16.2 Å². The summed E-state index contributed by atoms with van der Waals surface area (Å²) in [5.41, 5.74) is 14.2. The number of ether oxygens (including phenoxy) is 1. The quantitative estimate of drug-likeness (QED) is 0.736. The topological polar surface area (TPSA) is 67.8 Å². The van der Waals surface area contributed by atoms with Crippen molar-refractivity contribution in [1.29, 1.82) is 0 Å². The Morgan fingerprint density at radius 1 is 1.12 bits per heavy atom. The summed E-state index contributed by atoms with van der Waals surface area (Å²) in [6, 6.07) is 3.82. The number of nitrogens with zero attached hydrogens (tertiary/aromatic N) is 2. The van der Waals surface area contributed by atoms with Crippen molar-refractivity contribution in [3.05, 3.63) is 12.1 Å². The fourth-order valence-corrected chi connectivity index (χ4v) is 2.16. The number of rotatable bonds is 2. The van der Waals surface area contributed by atoms with Crippen molar-refractivity contribution in [3.8, 4) is 5.75 Å². The molecule has 0 saturated carbocycles. The van der Waals surface area contributed by atoms with Crippen LogP contribution in [0.2, 0.25) is 0 Å². The van der Waals surface area contributed by atoms with E-state index in [2.05, 4.69) is 16.8 Å². The summed E-state index contributed by atoms with van der Waals surface area (Å²) < 4.78 is 5.24. The molecular weight excluding hydrogens is 216 g/mol. The Kier molecular flexibility index (Phi) is 3.28. The van der Waals surface area contributed by atoms with Gasteiger partial charge in [-0.15, -0.1) is 0 Å². The molecule has 1 aromatic carbocycles. The molecule has 1 aliphatic heterocycles. The maximum absolute atomic E-state index is 6.10. The zero-order valence-electron chi connectivity index (χ0n) is 10.4. The highest BCUT2D eigenvalue weighted by Gasteiger charge is 2.18. The highest BCUT2D eigenvalue weighted by Crippen LogP contribution is 2.37. The van der Waals surface area contributed by atoms with E-state index in [0.29, 0.717) is 17.1 Å². The lowest BCUT2D eigenvalue weighted by Gasteiger charge is -2.35. The molecule has 17 heavy (non-hydrogen) atoms. The fourth-order valence-electron chi connectivity index (χ4n) is 2.16. The van der Waals surface area contributed by atoms with Crippen molar-refractivity contribution in [3.63, 3.8) is 0 Å². The number of hydrogen-bond donors (Lipinski definition) is 2. The van der Waals surface area contributed by atoms with Gasteiger partial charge in [0, 0.05) is 26.2 Å². The summed E-state index contributed by atoms with van der Waals surface area (Å²) >= 11 is 0. The monoisotopic (exact) mass is 236 g/mol. The van der Waals surface area contributed by atoms with Crippen LogP contribution in [0.25, 0.3) is 0 Å². The van der Waals surface area contributed by atoms with Crippen LogP contribution in [0.1, 0.15) is 0 Å². The molecule has 1 fully saturated rings. The number of piperazine rings is 1. The lowest BCUT2D eigenvalue weighted by Crippen LogP contribution is -2.44. The predicted molar refractivity (Wildman–Crippen MR) is 71.5 cm³/mol. The number of methoxy groups -OCH3 is 1. The van der Waals surface area contributed by atoms with E-state index in [1.54, 1.807) is 7.11 Å². The number of nitrogen functional groups attached to an aromatic ring is 2. The van der Waals surface area contributed by atoms with Gasteiger partial charge in [0.15, 0.2) is 5.75 Å². The highest BCUT2D eigenvalue weighted by atomic mass is 16.5. The summed E-state index contributed by atoms with van der Waals surface area (Å²) in [5, 5.41) is 0. The SMILES string of the molecule is COc1c(N)ccc(N2CCN(C)CC2)c1N. The number of hydrogen-bond acceptors (Lipinski definition) is 5. The molecule has 0 atom stereocenters. The molecule has 0 unspecified atom stereocenters. The van der Waals surface area contributed by atoms with Crippen LogP contribution < -0.4 is 21.1 Å². The predicted octanol–water partition coefficient (Wildman–Crippen LogP) is 0.611. The smallest absolute Gasteiger partial charge is 0.166 e. The Morgan fingerprint density at radius 3 is 2.35 bits per heavy atom. The molecule has 5 heteroatoms. The zero-order chi connectivity index (χ0) is 12.4. The summed E-state index contributed by atoms with van der Waals surface area (Å²) in [7, 11) is 3.72. The average molecular weight is 236 g/mol. The minimum Gasteiger partial charge on any atom is -0.492 e. The van der Waals surface area contributed by atoms with Gasteiger partial charge in [-0.1, -0.05) is 0 Å². The zero-order valence-corrected chi connectivity index (χ0v) is 10.4. The maximum Gasteiger partial charge on any atom is 0.166 e. The van der Waals surface area contributed by atoms with E-state index in [0.717, 1.165) is 31.9 Å². The van der Waals surface area contributed by atoms with Crippen molar-refractivity contribution >= 4 is 17.1 Å². The number of likely N-dealkylation sites (N-methyl/N-ethyl adjacent to an activating group) is 1. The Hall–Kier alpha value is -1.62. The minimum atomic E-state index is 0.585. The van der Waals surface area contributed by atoms with Crippen molar-refractivity contribution < 1.29 is 4.74 Å². The third kappa shape index (κ3) is 2.24. The largest absolute Gasteiger partial charge is 0.492 e. The lowest BCUT2D eigenvalue weighted by molar-refractivity contribution is 0.313. The van der Waals surface area contributed by atoms with Gasteiger partial charge in [-0.05, 0) is 19.2 Å². The number of nitrogens with two attached hydrogens (primary N) is 2. The molecule has 0 bridgehead atoms. The number of benzene rings is 1. The third-order valence-corrected chi connectivity index (χ3v) is 3.25. The van der Waals surface area contributed by atoms with Gasteiger partial charge in [-0.2, -0.15) is 0 Å². The third-order valence-electron chi connectivity index (χ3n) is 3.25. The first-order chi connectivity index (χ1) is 8.13. The minimum absolute atomic E-state index is 0.585. The first-order valence-corrected chi connectivity index (χ1v) is 5.79. The summed E-state index contributed by atoms with van der Waals surface area (Å²) in [6.07, 6.45) is 0. The van der Waals surface area contributed by atoms with E-state index in [1.807, 2.05) is 12.1 Å². The molecule has 1 aliphatic rings. The van der Waals surface area contributed by atoms with Crippen LogP contribution in [-0.2, 0) is 0 Å². The Morgan fingerprint density at radius 2 is 1.76 bits per heavy atom. The van der Waals surface area contributed by atoms with Gasteiger partial charge in [0.2, 0.25) is 0 Å². The molecule has 1 aromatic rings. The lowest BCUT2D eigenvalue weighted by atomic mass is 10.2. The van der Waals surface area contributed by atoms with Crippen LogP contribution in [0.3, 0.4) is 0 Å². The van der Waals surface area contributed by atoms with Crippen molar-refractivity contribution in [1.82, 2.24) is 4.90 Å². The molecule has 0 amide bonds. The molecule has 1 heterocycles. The summed E-state index contributed by atoms with van der Waals surface area (Å²) in [5.74, 6) is 0.585. The molecule has 2 rings (SSSR count). The van der Waals surface area contributed by atoms with Crippen molar-refractivity contribution in [2.75, 3.05) is 56.7 Å². The molecule has 0 radical (unpaired) electrons. The normalized spacial score (nSPS) is 17.2. The van der Waals surface area contributed by atoms with Gasteiger partial charge >= 0.3 is 0 Å². The Labute approximate surface area is 102 Å². The molecule has 0 spiro atoms. The molecule has 5 nitrogen and oxygen atoms in total. The van der Waals surface area contributed by atoms with E-state index in [9.17, 15) is 0 Å².